The van der Waals surface area contributed by atoms with E-state index in [0.717, 1.165) is 24.2 Å². The minimum absolute atomic E-state index is 0.301. The number of aromatic nitrogens is 2. The Hall–Kier alpha value is -1.88. The molecule has 0 saturated heterocycles. The van der Waals surface area contributed by atoms with Gasteiger partial charge in [-0.15, -0.1) is 0 Å². The van der Waals surface area contributed by atoms with Crippen LogP contribution in [-0.2, 0) is 0 Å². The van der Waals surface area contributed by atoms with Crippen LogP contribution in [0.2, 0.25) is 0 Å². The molecule has 0 amide bonds. The highest BCUT2D eigenvalue weighted by Crippen LogP contribution is 2.39. The third-order valence-corrected chi connectivity index (χ3v) is 4.15. The lowest BCUT2D eigenvalue weighted by molar-refractivity contribution is 0.325. The summed E-state index contributed by atoms with van der Waals surface area (Å²) in [7, 11) is 0. The Morgan fingerprint density at radius 3 is 3.00 bits per heavy atom. The zero-order valence-corrected chi connectivity index (χ0v) is 12.3. The molecule has 1 aromatic carbocycles. The van der Waals surface area contributed by atoms with Crippen molar-refractivity contribution in [1.82, 2.24) is 10.1 Å². The molecular formula is C16H21N3O2. The monoisotopic (exact) mass is 287 g/mol. The molecule has 2 aromatic rings. The van der Waals surface area contributed by atoms with Crippen LogP contribution in [0.3, 0.4) is 0 Å². The third-order valence-electron chi connectivity index (χ3n) is 4.15. The quantitative estimate of drug-likeness (QED) is 0.915. The molecular weight excluding hydrogens is 266 g/mol. The highest BCUT2D eigenvalue weighted by Gasteiger charge is 2.32. The van der Waals surface area contributed by atoms with Crippen molar-refractivity contribution >= 4 is 0 Å². The van der Waals surface area contributed by atoms with Crippen molar-refractivity contribution in [3.63, 3.8) is 0 Å². The fraction of sp³-hybridized carbons (Fsp3) is 0.500. The van der Waals surface area contributed by atoms with Crippen LogP contribution in [0.15, 0.2) is 28.8 Å². The molecule has 2 unspecified atom stereocenters. The first-order chi connectivity index (χ1) is 10.3. The average Bonchev–Trinajstić information content (AvgIpc) is 3.16. The molecule has 1 heterocycles. The lowest BCUT2D eigenvalue weighted by Crippen LogP contribution is -2.17. The molecule has 5 heteroatoms. The van der Waals surface area contributed by atoms with Gasteiger partial charge in [0, 0.05) is 5.92 Å². The highest BCUT2D eigenvalue weighted by molar-refractivity contribution is 5.63. The Morgan fingerprint density at radius 2 is 2.19 bits per heavy atom. The number of benzene rings is 1. The summed E-state index contributed by atoms with van der Waals surface area (Å²) in [6.45, 7) is 3.25. The molecule has 2 atom stereocenters. The van der Waals surface area contributed by atoms with E-state index in [0.29, 0.717) is 36.7 Å². The molecule has 1 saturated carbocycles. The van der Waals surface area contributed by atoms with E-state index < -0.39 is 0 Å². The number of nitrogens with two attached hydrogens (primary N) is 1. The van der Waals surface area contributed by atoms with Crippen LogP contribution in [0.4, 0.5) is 0 Å². The Bertz CT molecular complexity index is 597. The van der Waals surface area contributed by atoms with Gasteiger partial charge in [-0.2, -0.15) is 4.98 Å². The van der Waals surface area contributed by atoms with E-state index >= 15 is 0 Å². The SMILES string of the molecule is CCOc1ccccc1-c1noc(C2CCCC2CN)n1. The van der Waals surface area contributed by atoms with Crippen LogP contribution in [0.1, 0.15) is 38.0 Å². The zero-order chi connectivity index (χ0) is 14.7. The van der Waals surface area contributed by atoms with Gasteiger partial charge in [0.15, 0.2) is 0 Å². The molecule has 0 aliphatic heterocycles. The third kappa shape index (κ3) is 2.78. The molecule has 112 valence electrons. The topological polar surface area (TPSA) is 74.2 Å². The van der Waals surface area contributed by atoms with Crippen molar-refractivity contribution in [2.45, 2.75) is 32.1 Å². The van der Waals surface area contributed by atoms with Gasteiger partial charge in [-0.3, -0.25) is 0 Å². The van der Waals surface area contributed by atoms with E-state index in [1.807, 2.05) is 31.2 Å². The molecule has 3 rings (SSSR count). The first kappa shape index (κ1) is 14.1. The average molecular weight is 287 g/mol. The van der Waals surface area contributed by atoms with Crippen molar-refractivity contribution < 1.29 is 9.26 Å². The Balaban J connectivity index is 1.88. The van der Waals surface area contributed by atoms with Gasteiger partial charge in [0.2, 0.25) is 11.7 Å². The summed E-state index contributed by atoms with van der Waals surface area (Å²) in [6, 6.07) is 7.77. The summed E-state index contributed by atoms with van der Waals surface area (Å²) in [4.78, 5) is 4.59. The fourth-order valence-electron chi connectivity index (χ4n) is 3.07. The summed E-state index contributed by atoms with van der Waals surface area (Å²) in [5, 5.41) is 4.14. The smallest absolute Gasteiger partial charge is 0.230 e. The van der Waals surface area contributed by atoms with Crippen LogP contribution in [0, 0.1) is 5.92 Å². The molecule has 1 aliphatic carbocycles. The van der Waals surface area contributed by atoms with Gasteiger partial charge < -0.3 is 15.0 Å². The summed E-state index contributed by atoms with van der Waals surface area (Å²) in [5.74, 6) is 2.85. The van der Waals surface area contributed by atoms with Crippen LogP contribution in [0.25, 0.3) is 11.4 Å². The van der Waals surface area contributed by atoms with Crippen molar-refractivity contribution in [3.05, 3.63) is 30.2 Å². The van der Waals surface area contributed by atoms with E-state index in [2.05, 4.69) is 10.1 Å². The minimum atomic E-state index is 0.301. The highest BCUT2D eigenvalue weighted by atomic mass is 16.5. The van der Waals surface area contributed by atoms with Crippen LogP contribution in [0.5, 0.6) is 5.75 Å². The molecule has 1 aliphatic rings. The predicted octanol–water partition coefficient (Wildman–Crippen LogP) is 2.98. The number of ether oxygens (including phenoxy) is 1. The minimum Gasteiger partial charge on any atom is -0.493 e. The summed E-state index contributed by atoms with van der Waals surface area (Å²) in [5.41, 5.74) is 6.71. The second kappa shape index (κ2) is 6.26. The molecule has 0 spiro atoms. The van der Waals surface area contributed by atoms with Gasteiger partial charge in [0.1, 0.15) is 5.75 Å². The van der Waals surface area contributed by atoms with E-state index in [-0.39, 0.29) is 0 Å². The summed E-state index contributed by atoms with van der Waals surface area (Å²) in [6.07, 6.45) is 3.41. The van der Waals surface area contributed by atoms with Crippen LogP contribution >= 0.6 is 0 Å². The molecule has 5 nitrogen and oxygen atoms in total. The molecule has 1 aromatic heterocycles. The number of hydrogen-bond donors (Lipinski definition) is 1. The number of nitrogens with zero attached hydrogens (tertiary/aromatic N) is 2. The fourth-order valence-corrected chi connectivity index (χ4v) is 3.07. The van der Waals surface area contributed by atoms with Crippen LogP contribution < -0.4 is 10.5 Å². The zero-order valence-electron chi connectivity index (χ0n) is 12.3. The number of rotatable bonds is 5. The summed E-state index contributed by atoms with van der Waals surface area (Å²) < 4.78 is 11.1. The Kier molecular flexibility index (Phi) is 4.20. The van der Waals surface area contributed by atoms with Gasteiger partial charge in [-0.1, -0.05) is 23.7 Å². The molecule has 0 bridgehead atoms. The van der Waals surface area contributed by atoms with E-state index in [1.165, 1.54) is 6.42 Å². The van der Waals surface area contributed by atoms with E-state index in [4.69, 9.17) is 15.0 Å². The number of para-hydroxylation sites is 1. The lowest BCUT2D eigenvalue weighted by Gasteiger charge is -2.12. The van der Waals surface area contributed by atoms with Crippen molar-refractivity contribution in [1.29, 1.82) is 0 Å². The predicted molar refractivity (Wildman–Crippen MR) is 80.0 cm³/mol. The molecule has 2 N–H and O–H groups in total. The number of hydrogen-bond acceptors (Lipinski definition) is 5. The van der Waals surface area contributed by atoms with Gasteiger partial charge in [0.25, 0.3) is 0 Å². The van der Waals surface area contributed by atoms with Crippen molar-refractivity contribution in [3.8, 4) is 17.1 Å². The van der Waals surface area contributed by atoms with Gasteiger partial charge in [-0.05, 0) is 44.4 Å². The second-order valence-corrected chi connectivity index (χ2v) is 5.42. The largest absolute Gasteiger partial charge is 0.493 e. The molecule has 1 fully saturated rings. The first-order valence-electron chi connectivity index (χ1n) is 7.59. The maximum Gasteiger partial charge on any atom is 0.230 e. The van der Waals surface area contributed by atoms with Crippen molar-refractivity contribution in [2.24, 2.45) is 11.7 Å². The van der Waals surface area contributed by atoms with E-state index in [1.54, 1.807) is 0 Å². The van der Waals surface area contributed by atoms with Gasteiger partial charge in [0.05, 0.1) is 12.2 Å². The first-order valence-corrected chi connectivity index (χ1v) is 7.59. The lowest BCUT2D eigenvalue weighted by atomic mass is 9.96. The van der Waals surface area contributed by atoms with Crippen LogP contribution in [-0.4, -0.2) is 23.3 Å². The van der Waals surface area contributed by atoms with E-state index in [9.17, 15) is 0 Å². The normalized spacial score (nSPS) is 21.6. The Labute approximate surface area is 124 Å². The summed E-state index contributed by atoms with van der Waals surface area (Å²) >= 11 is 0. The Morgan fingerprint density at radius 1 is 1.33 bits per heavy atom. The standard InChI is InChI=1S/C16H21N3O2/c1-2-20-14-9-4-3-7-13(14)15-18-16(21-19-15)12-8-5-6-11(12)10-17/h3-4,7,9,11-12H,2,5-6,8,10,17H2,1H3. The molecule has 21 heavy (non-hydrogen) atoms. The molecule has 0 radical (unpaired) electrons. The maximum atomic E-state index is 5.83. The second-order valence-electron chi connectivity index (χ2n) is 5.42. The van der Waals surface area contributed by atoms with Gasteiger partial charge >= 0.3 is 0 Å². The van der Waals surface area contributed by atoms with Crippen molar-refractivity contribution in [2.75, 3.05) is 13.2 Å². The van der Waals surface area contributed by atoms with Gasteiger partial charge in [-0.25, -0.2) is 0 Å². The maximum absolute atomic E-state index is 5.83.